The van der Waals surface area contributed by atoms with Crippen molar-refractivity contribution in [2.45, 2.75) is 32.0 Å². The van der Waals surface area contributed by atoms with Crippen molar-refractivity contribution in [1.82, 2.24) is 15.2 Å². The smallest absolute Gasteiger partial charge is 0.272 e. The van der Waals surface area contributed by atoms with Crippen LogP contribution in [0.5, 0.6) is 5.75 Å². The number of anilines is 1. The molecule has 3 N–H and O–H groups in total. The van der Waals surface area contributed by atoms with Gasteiger partial charge in [0, 0.05) is 35.1 Å². The lowest BCUT2D eigenvalue weighted by molar-refractivity contribution is -0.136. The molecule has 2 aliphatic heterocycles. The molecule has 1 unspecified atom stereocenters. The second-order valence-corrected chi connectivity index (χ2v) is 9.40. The number of H-pyrrole nitrogens is 1. The van der Waals surface area contributed by atoms with Crippen LogP contribution in [0.2, 0.25) is 0 Å². The lowest BCUT2D eigenvalue weighted by Crippen LogP contribution is -2.52. The number of imide groups is 1. The van der Waals surface area contributed by atoms with E-state index in [-0.39, 0.29) is 30.7 Å². The molecule has 4 aromatic rings. The normalized spacial score (nSPS) is 16.9. The fourth-order valence-electron chi connectivity index (χ4n) is 4.96. The number of rotatable bonds is 6. The Balaban J connectivity index is 1.17. The first-order chi connectivity index (χ1) is 18.5. The first kappa shape index (κ1) is 23.5. The maximum atomic E-state index is 13.1. The van der Waals surface area contributed by atoms with Gasteiger partial charge in [0.1, 0.15) is 24.1 Å². The van der Waals surface area contributed by atoms with Crippen LogP contribution in [-0.4, -0.2) is 39.6 Å². The summed E-state index contributed by atoms with van der Waals surface area (Å²) in [5.74, 6) is -0.701. The maximum Gasteiger partial charge on any atom is 0.272 e. The fourth-order valence-corrected chi connectivity index (χ4v) is 4.96. The van der Waals surface area contributed by atoms with E-state index in [9.17, 15) is 19.2 Å². The standard InChI is InChI=1S/C29H24N4O5/c34-26-12-11-24(28(36)32-26)33-15-18-13-19(9-10-20(18)29(33)37)30-27(35)23-14-21-22(31-23)7-4-8-25(21)38-16-17-5-2-1-3-6-17/h1-10,13-14,24,31H,11-12,15-16H2,(H,30,35)(H,32,34,36). The number of hydrogen-bond acceptors (Lipinski definition) is 5. The van der Waals surface area contributed by atoms with E-state index in [1.54, 1.807) is 24.3 Å². The van der Waals surface area contributed by atoms with Crippen LogP contribution in [0.3, 0.4) is 0 Å². The highest BCUT2D eigenvalue weighted by molar-refractivity contribution is 6.08. The van der Waals surface area contributed by atoms with Gasteiger partial charge < -0.3 is 19.9 Å². The van der Waals surface area contributed by atoms with Crippen molar-refractivity contribution in [1.29, 1.82) is 0 Å². The van der Waals surface area contributed by atoms with Gasteiger partial charge in [-0.15, -0.1) is 0 Å². The molecular weight excluding hydrogens is 484 g/mol. The van der Waals surface area contributed by atoms with Crippen LogP contribution in [0.4, 0.5) is 5.69 Å². The Morgan fingerprint density at radius 2 is 1.84 bits per heavy atom. The molecule has 9 nitrogen and oxygen atoms in total. The van der Waals surface area contributed by atoms with Crippen LogP contribution in [0.25, 0.3) is 10.9 Å². The van der Waals surface area contributed by atoms with Gasteiger partial charge in [0.05, 0.1) is 0 Å². The highest BCUT2D eigenvalue weighted by atomic mass is 16.5. The lowest BCUT2D eigenvalue weighted by atomic mass is 10.0. The molecule has 6 rings (SSSR count). The van der Waals surface area contributed by atoms with Crippen LogP contribution in [0, 0.1) is 0 Å². The molecular formula is C29H24N4O5. The van der Waals surface area contributed by atoms with Gasteiger partial charge in [-0.05, 0) is 53.9 Å². The first-order valence-electron chi connectivity index (χ1n) is 12.3. The summed E-state index contributed by atoms with van der Waals surface area (Å²) in [4.78, 5) is 54.4. The minimum Gasteiger partial charge on any atom is -0.488 e. The number of aromatic amines is 1. The molecule has 0 aliphatic carbocycles. The van der Waals surface area contributed by atoms with Gasteiger partial charge >= 0.3 is 0 Å². The molecule has 3 aromatic carbocycles. The molecule has 9 heteroatoms. The Hall–Kier alpha value is -4.92. The Morgan fingerprint density at radius 3 is 2.66 bits per heavy atom. The predicted molar refractivity (Wildman–Crippen MR) is 140 cm³/mol. The molecule has 2 aliphatic rings. The number of hydrogen-bond donors (Lipinski definition) is 3. The number of carbonyl (C=O) groups excluding carboxylic acids is 4. The number of benzene rings is 3. The minimum atomic E-state index is -0.685. The van der Waals surface area contributed by atoms with E-state index in [1.807, 2.05) is 48.5 Å². The van der Waals surface area contributed by atoms with E-state index >= 15 is 0 Å². The molecule has 1 aromatic heterocycles. The van der Waals surface area contributed by atoms with Gasteiger partial charge in [0.2, 0.25) is 11.8 Å². The van der Waals surface area contributed by atoms with E-state index in [4.69, 9.17) is 4.74 Å². The van der Waals surface area contributed by atoms with Crippen molar-refractivity contribution in [3.05, 3.63) is 95.2 Å². The van der Waals surface area contributed by atoms with Crippen LogP contribution in [-0.2, 0) is 22.7 Å². The second kappa shape index (κ2) is 9.51. The summed E-state index contributed by atoms with van der Waals surface area (Å²) in [6.45, 7) is 0.648. The number of amides is 4. The number of carbonyl (C=O) groups is 4. The van der Waals surface area contributed by atoms with Gasteiger partial charge in [-0.3, -0.25) is 24.5 Å². The summed E-state index contributed by atoms with van der Waals surface area (Å²) in [7, 11) is 0. The van der Waals surface area contributed by atoms with Crippen LogP contribution in [0.15, 0.2) is 72.8 Å². The number of aromatic nitrogens is 1. The second-order valence-electron chi connectivity index (χ2n) is 9.40. The van der Waals surface area contributed by atoms with Gasteiger partial charge in [-0.1, -0.05) is 36.4 Å². The molecule has 0 spiro atoms. The molecule has 38 heavy (non-hydrogen) atoms. The van der Waals surface area contributed by atoms with Crippen LogP contribution < -0.4 is 15.4 Å². The molecule has 190 valence electrons. The lowest BCUT2D eigenvalue weighted by Gasteiger charge is -2.29. The minimum absolute atomic E-state index is 0.196. The number of piperidine rings is 1. The highest BCUT2D eigenvalue weighted by Crippen LogP contribution is 2.31. The third kappa shape index (κ3) is 4.39. The quantitative estimate of drug-likeness (QED) is 0.343. The van der Waals surface area contributed by atoms with Crippen LogP contribution >= 0.6 is 0 Å². The number of nitrogens with zero attached hydrogens (tertiary/aromatic N) is 1. The van der Waals surface area contributed by atoms with Gasteiger partial charge in [-0.25, -0.2) is 0 Å². The summed E-state index contributed by atoms with van der Waals surface area (Å²) < 4.78 is 6.02. The summed E-state index contributed by atoms with van der Waals surface area (Å²) in [5, 5.41) is 5.98. The molecule has 0 radical (unpaired) electrons. The zero-order chi connectivity index (χ0) is 26.2. The number of nitrogens with one attached hydrogen (secondary N) is 3. The van der Waals surface area contributed by atoms with Crippen LogP contribution in [0.1, 0.15) is 44.8 Å². The third-order valence-electron chi connectivity index (χ3n) is 6.89. The molecule has 0 saturated carbocycles. The molecule has 0 bridgehead atoms. The zero-order valence-electron chi connectivity index (χ0n) is 20.3. The highest BCUT2D eigenvalue weighted by Gasteiger charge is 2.39. The first-order valence-corrected chi connectivity index (χ1v) is 12.3. The van der Waals surface area contributed by atoms with Crippen molar-refractivity contribution in [3.63, 3.8) is 0 Å². The summed E-state index contributed by atoms with van der Waals surface area (Å²) >= 11 is 0. The van der Waals surface area contributed by atoms with Crippen molar-refractivity contribution in [3.8, 4) is 5.75 Å². The van der Waals surface area contributed by atoms with Gasteiger partial charge in [-0.2, -0.15) is 0 Å². The average molecular weight is 509 g/mol. The van der Waals surface area contributed by atoms with Crippen molar-refractivity contribution >= 4 is 40.2 Å². The van der Waals surface area contributed by atoms with Gasteiger partial charge in [0.25, 0.3) is 11.8 Å². The molecule has 1 saturated heterocycles. The van der Waals surface area contributed by atoms with Crippen molar-refractivity contribution < 1.29 is 23.9 Å². The Bertz CT molecular complexity index is 1590. The fraction of sp³-hybridized carbons (Fsp3) is 0.172. The van der Waals surface area contributed by atoms with Gasteiger partial charge in [0.15, 0.2) is 0 Å². The van der Waals surface area contributed by atoms with E-state index in [2.05, 4.69) is 15.6 Å². The Morgan fingerprint density at radius 1 is 1.00 bits per heavy atom. The molecule has 3 heterocycles. The summed E-state index contributed by atoms with van der Waals surface area (Å²) in [6.07, 6.45) is 0.493. The number of fused-ring (bicyclic) bond motifs is 2. The van der Waals surface area contributed by atoms with E-state index in [0.29, 0.717) is 41.3 Å². The van der Waals surface area contributed by atoms with Crippen molar-refractivity contribution in [2.75, 3.05) is 5.32 Å². The van der Waals surface area contributed by atoms with Crippen molar-refractivity contribution in [2.24, 2.45) is 0 Å². The van der Waals surface area contributed by atoms with E-state index in [0.717, 1.165) is 16.5 Å². The molecule has 4 amide bonds. The SMILES string of the molecule is O=C1CCC(N2Cc3cc(NC(=O)c4cc5c(OCc6ccccc6)cccc5[nH]4)ccc3C2=O)C(=O)N1. The summed E-state index contributed by atoms with van der Waals surface area (Å²) in [6, 6.07) is 21.6. The predicted octanol–water partition coefficient (Wildman–Crippen LogP) is 3.76. The summed E-state index contributed by atoms with van der Waals surface area (Å²) in [5.41, 5.74) is 3.93. The maximum absolute atomic E-state index is 13.1. The Labute approximate surface area is 217 Å². The zero-order valence-corrected chi connectivity index (χ0v) is 20.3. The number of ether oxygens (including phenoxy) is 1. The molecule has 1 atom stereocenters. The Kier molecular flexibility index (Phi) is 5.88. The third-order valence-corrected chi connectivity index (χ3v) is 6.89. The molecule has 1 fully saturated rings. The topological polar surface area (TPSA) is 121 Å². The van der Waals surface area contributed by atoms with E-state index in [1.165, 1.54) is 4.90 Å². The average Bonchev–Trinajstić information content (AvgIpc) is 3.50. The largest absolute Gasteiger partial charge is 0.488 e. The van der Waals surface area contributed by atoms with E-state index < -0.39 is 11.9 Å². The monoisotopic (exact) mass is 508 g/mol.